The summed E-state index contributed by atoms with van der Waals surface area (Å²) in [4.78, 5) is 24.9. The van der Waals surface area contributed by atoms with Crippen molar-refractivity contribution in [1.82, 2.24) is 0 Å². The van der Waals surface area contributed by atoms with Crippen LogP contribution in [0, 0.1) is 35.0 Å². The van der Waals surface area contributed by atoms with Gasteiger partial charge in [-0.25, -0.2) is 4.79 Å². The Morgan fingerprint density at radius 1 is 1.22 bits per heavy atom. The molecule has 0 bridgehead atoms. The molecule has 8 unspecified atom stereocenters. The van der Waals surface area contributed by atoms with Gasteiger partial charge in [0, 0.05) is 12.5 Å². The van der Waals surface area contributed by atoms with Gasteiger partial charge in [0.05, 0.1) is 0 Å². The fourth-order valence-electron chi connectivity index (χ4n) is 7.35. The lowest BCUT2D eigenvalue weighted by atomic mass is 9.55. The Hall–Kier alpha value is -1.46. The summed E-state index contributed by atoms with van der Waals surface area (Å²) in [5, 5.41) is 24.4. The lowest BCUT2D eigenvalue weighted by molar-refractivity contribution is -0.260. The van der Waals surface area contributed by atoms with Crippen LogP contribution in [0.2, 0.25) is 0 Å². The fraction of sp³-hybridized carbons (Fsp3) is 0.778. The summed E-state index contributed by atoms with van der Waals surface area (Å²) in [6.07, 6.45) is 6.36. The van der Waals surface area contributed by atoms with Crippen molar-refractivity contribution in [3.05, 3.63) is 23.3 Å². The molecule has 4 aliphatic rings. The first-order valence-electron chi connectivity index (χ1n) is 12.4. The zero-order valence-corrected chi connectivity index (χ0v) is 20.5. The van der Waals surface area contributed by atoms with Crippen LogP contribution in [0.1, 0.15) is 80.1 Å². The Morgan fingerprint density at radius 3 is 2.56 bits per heavy atom. The van der Waals surface area contributed by atoms with Crippen molar-refractivity contribution >= 4 is 11.8 Å². The van der Waals surface area contributed by atoms with E-state index in [-0.39, 0.29) is 40.8 Å². The first kappa shape index (κ1) is 23.7. The van der Waals surface area contributed by atoms with Crippen molar-refractivity contribution in [2.45, 2.75) is 97.4 Å². The third-order valence-electron chi connectivity index (χ3n) is 9.98. The molecule has 3 saturated carbocycles. The van der Waals surface area contributed by atoms with E-state index in [0.717, 1.165) is 18.4 Å². The van der Waals surface area contributed by atoms with Crippen LogP contribution in [-0.4, -0.2) is 39.3 Å². The second kappa shape index (κ2) is 7.80. The van der Waals surface area contributed by atoms with E-state index in [1.807, 2.05) is 33.8 Å². The van der Waals surface area contributed by atoms with Gasteiger partial charge in [-0.15, -0.1) is 0 Å². The van der Waals surface area contributed by atoms with Crippen molar-refractivity contribution in [3.8, 4) is 0 Å². The van der Waals surface area contributed by atoms with Crippen LogP contribution < -0.4 is 0 Å². The molecule has 0 aliphatic heterocycles. The normalized spacial score (nSPS) is 46.3. The first-order valence-corrected chi connectivity index (χ1v) is 12.4. The van der Waals surface area contributed by atoms with Gasteiger partial charge < -0.3 is 14.9 Å². The van der Waals surface area contributed by atoms with Gasteiger partial charge in [-0.2, -0.15) is 0 Å². The molecule has 0 saturated heterocycles. The fourth-order valence-corrected chi connectivity index (χ4v) is 7.35. The van der Waals surface area contributed by atoms with E-state index in [1.54, 1.807) is 0 Å². The highest BCUT2D eigenvalue weighted by Gasteiger charge is 2.74. The minimum absolute atomic E-state index is 0.0625. The van der Waals surface area contributed by atoms with Gasteiger partial charge in [0.2, 0.25) is 0 Å². The van der Waals surface area contributed by atoms with E-state index in [0.29, 0.717) is 25.7 Å². The van der Waals surface area contributed by atoms with Gasteiger partial charge >= 0.3 is 5.97 Å². The quantitative estimate of drug-likeness (QED) is 0.499. The van der Waals surface area contributed by atoms with Crippen LogP contribution in [0.25, 0.3) is 0 Å². The summed E-state index contributed by atoms with van der Waals surface area (Å²) in [5.41, 5.74) is -0.891. The zero-order valence-electron chi connectivity index (χ0n) is 20.5. The zero-order chi connectivity index (χ0) is 23.6. The maximum Gasteiger partial charge on any atom is 0.331 e. The van der Waals surface area contributed by atoms with Crippen LogP contribution >= 0.6 is 0 Å². The molecule has 4 rings (SSSR count). The molecule has 4 aliphatic carbocycles. The topological polar surface area (TPSA) is 83.8 Å². The Bertz CT molecular complexity index is 871. The van der Waals surface area contributed by atoms with Gasteiger partial charge in [-0.05, 0) is 80.1 Å². The number of hydrogen-bond donors (Lipinski definition) is 2. The number of rotatable bonds is 3. The lowest BCUT2D eigenvalue weighted by Crippen LogP contribution is -2.69. The van der Waals surface area contributed by atoms with Crippen LogP contribution in [0.3, 0.4) is 0 Å². The molecule has 32 heavy (non-hydrogen) atoms. The van der Waals surface area contributed by atoms with Gasteiger partial charge in [0.25, 0.3) is 0 Å². The monoisotopic (exact) mass is 444 g/mol. The average Bonchev–Trinajstić information content (AvgIpc) is 2.97. The van der Waals surface area contributed by atoms with Crippen LogP contribution in [0.4, 0.5) is 0 Å². The Morgan fingerprint density at radius 2 is 1.91 bits per heavy atom. The molecule has 178 valence electrons. The van der Waals surface area contributed by atoms with E-state index in [4.69, 9.17) is 4.74 Å². The number of ether oxygens (including phenoxy) is 1. The standard InChI is InChI=1S/C27H40O5/c1-15(2)16(3)12-24(29)32-23-11-17(4)18(5)26(30)14-22-21(27(23,26)31)8-7-19-13-20(28)9-10-25(19,22)6/h12-13,15,17-18,21-23,30-31H,7-11,14H2,1-6H3/b16-12+. The number of ketones is 1. The van der Waals surface area contributed by atoms with Crippen LogP contribution in [-0.2, 0) is 14.3 Å². The van der Waals surface area contributed by atoms with Crippen molar-refractivity contribution in [3.63, 3.8) is 0 Å². The maximum absolute atomic E-state index is 12.8. The number of fused-ring (bicyclic) bond motifs is 5. The number of allylic oxidation sites excluding steroid dienone is 3. The largest absolute Gasteiger partial charge is 0.456 e. The minimum atomic E-state index is -1.48. The SMILES string of the molecule is C/C(=C\C(=O)OC1CC(C)C(C)C2(O)CC3C(CCC4=CC(=O)CCC43C)C12O)C(C)C. The molecular formula is C27H40O5. The van der Waals surface area contributed by atoms with E-state index in [2.05, 4.69) is 13.8 Å². The van der Waals surface area contributed by atoms with E-state index in [9.17, 15) is 19.8 Å². The van der Waals surface area contributed by atoms with Gasteiger partial charge in [-0.1, -0.05) is 45.8 Å². The summed E-state index contributed by atoms with van der Waals surface area (Å²) in [7, 11) is 0. The van der Waals surface area contributed by atoms with E-state index < -0.39 is 23.3 Å². The Labute approximate surface area is 192 Å². The summed E-state index contributed by atoms with van der Waals surface area (Å²) >= 11 is 0. The maximum atomic E-state index is 12.8. The van der Waals surface area contributed by atoms with Crippen molar-refractivity contribution in [2.75, 3.05) is 0 Å². The molecule has 0 aromatic carbocycles. The molecule has 3 fully saturated rings. The molecule has 8 atom stereocenters. The van der Waals surface area contributed by atoms with E-state index >= 15 is 0 Å². The highest BCUT2D eigenvalue weighted by atomic mass is 16.6. The van der Waals surface area contributed by atoms with E-state index in [1.165, 1.54) is 11.6 Å². The molecule has 2 N–H and O–H groups in total. The van der Waals surface area contributed by atoms with Gasteiger partial charge in [-0.3, -0.25) is 4.79 Å². The molecule has 0 aromatic heterocycles. The third kappa shape index (κ3) is 3.26. The second-order valence-corrected chi connectivity index (χ2v) is 11.7. The van der Waals surface area contributed by atoms with Crippen molar-refractivity contribution in [1.29, 1.82) is 0 Å². The predicted octanol–water partition coefficient (Wildman–Crippen LogP) is 4.36. The third-order valence-corrected chi connectivity index (χ3v) is 9.98. The number of carbonyl (C=O) groups excluding carboxylic acids is 2. The molecule has 0 heterocycles. The number of hydrogen-bond acceptors (Lipinski definition) is 5. The predicted molar refractivity (Wildman–Crippen MR) is 123 cm³/mol. The van der Waals surface area contributed by atoms with Gasteiger partial charge in [0.15, 0.2) is 5.78 Å². The summed E-state index contributed by atoms with van der Waals surface area (Å²) < 4.78 is 5.95. The highest BCUT2D eigenvalue weighted by molar-refractivity contribution is 5.91. The van der Waals surface area contributed by atoms with Crippen molar-refractivity contribution in [2.24, 2.45) is 35.0 Å². The molecule has 0 aromatic rings. The molecular weight excluding hydrogens is 404 g/mol. The van der Waals surface area contributed by atoms with Crippen LogP contribution in [0.15, 0.2) is 23.3 Å². The number of carbonyl (C=O) groups is 2. The summed E-state index contributed by atoms with van der Waals surface area (Å²) in [6.45, 7) is 12.3. The minimum Gasteiger partial charge on any atom is -0.456 e. The number of esters is 1. The Kier molecular flexibility index (Phi) is 5.77. The van der Waals surface area contributed by atoms with Gasteiger partial charge in [0.1, 0.15) is 17.3 Å². The molecule has 0 radical (unpaired) electrons. The molecule has 0 spiro atoms. The molecule has 5 heteroatoms. The molecule has 0 amide bonds. The first-order chi connectivity index (χ1) is 14.8. The summed E-state index contributed by atoms with van der Waals surface area (Å²) in [5.74, 6) is -0.108. The smallest absolute Gasteiger partial charge is 0.331 e. The summed E-state index contributed by atoms with van der Waals surface area (Å²) in [6, 6.07) is 0. The number of aliphatic hydroxyl groups is 2. The van der Waals surface area contributed by atoms with Crippen LogP contribution in [0.5, 0.6) is 0 Å². The lowest BCUT2D eigenvalue weighted by Gasteiger charge is -2.55. The molecule has 5 nitrogen and oxygen atoms in total. The second-order valence-electron chi connectivity index (χ2n) is 11.7. The highest BCUT2D eigenvalue weighted by Crippen LogP contribution is 2.67. The Balaban J connectivity index is 1.73. The van der Waals surface area contributed by atoms with Crippen molar-refractivity contribution < 1.29 is 24.5 Å². The average molecular weight is 445 g/mol.